The Kier molecular flexibility index (Phi) is 5.48. The molecule has 10 nitrogen and oxygen atoms in total. The fraction of sp³-hybridized carbons (Fsp3) is 0.552. The van der Waals surface area contributed by atoms with Crippen molar-refractivity contribution in [2.75, 3.05) is 50.1 Å². The summed E-state index contributed by atoms with van der Waals surface area (Å²) >= 11 is 0. The third-order valence-corrected chi connectivity index (χ3v) is 9.33. The van der Waals surface area contributed by atoms with Gasteiger partial charge in [-0.15, -0.1) is 0 Å². The average Bonchev–Trinajstić information content (AvgIpc) is 3.50. The van der Waals surface area contributed by atoms with Crippen LogP contribution in [0.4, 0.5) is 17.6 Å². The van der Waals surface area contributed by atoms with E-state index >= 15 is 0 Å². The zero-order chi connectivity index (χ0) is 26.1. The Balaban J connectivity index is 1.06. The second-order valence-electron chi connectivity index (χ2n) is 12.0. The molecule has 39 heavy (non-hydrogen) atoms. The molecule has 3 aromatic heterocycles. The van der Waals surface area contributed by atoms with Gasteiger partial charge in [0.25, 0.3) is 0 Å². The summed E-state index contributed by atoms with van der Waals surface area (Å²) in [4.78, 5) is 39.3. The minimum Gasteiger partial charge on any atom is -0.380 e. The van der Waals surface area contributed by atoms with Crippen LogP contribution in [0.3, 0.4) is 0 Å². The van der Waals surface area contributed by atoms with E-state index in [1.54, 1.807) is 0 Å². The van der Waals surface area contributed by atoms with E-state index in [0.717, 1.165) is 78.8 Å². The average molecular weight is 527 g/mol. The Bertz CT molecular complexity index is 1430. The van der Waals surface area contributed by atoms with E-state index in [9.17, 15) is 4.79 Å². The van der Waals surface area contributed by atoms with Crippen molar-refractivity contribution in [1.29, 1.82) is 0 Å². The van der Waals surface area contributed by atoms with E-state index in [1.807, 2.05) is 17.2 Å². The van der Waals surface area contributed by atoms with E-state index in [-0.39, 0.29) is 11.8 Å². The van der Waals surface area contributed by atoms with Gasteiger partial charge in [-0.05, 0) is 50.4 Å². The van der Waals surface area contributed by atoms with E-state index in [2.05, 4.69) is 39.3 Å². The van der Waals surface area contributed by atoms with Crippen molar-refractivity contribution >= 4 is 34.4 Å². The minimum atomic E-state index is 0.142. The maximum atomic E-state index is 12.8. The van der Waals surface area contributed by atoms with Crippen molar-refractivity contribution in [2.45, 2.75) is 56.7 Å². The SMILES string of the molecule is CN1CC(C(=O)N2CCc3nc(Nc4ncc5cc(C6COC6)nc(N6C7CCC6CC7)c5n4)ccc3C2)C1. The van der Waals surface area contributed by atoms with Crippen molar-refractivity contribution in [3.8, 4) is 0 Å². The minimum absolute atomic E-state index is 0.142. The molecule has 4 saturated heterocycles. The van der Waals surface area contributed by atoms with Crippen LogP contribution in [0.1, 0.15) is 48.6 Å². The van der Waals surface area contributed by atoms with Gasteiger partial charge in [-0.3, -0.25) is 4.79 Å². The van der Waals surface area contributed by atoms with Gasteiger partial charge in [-0.2, -0.15) is 0 Å². The molecule has 1 N–H and O–H groups in total. The van der Waals surface area contributed by atoms with Gasteiger partial charge in [0.05, 0.1) is 24.8 Å². The normalized spacial score (nSPS) is 25.1. The third-order valence-electron chi connectivity index (χ3n) is 9.33. The lowest BCUT2D eigenvalue weighted by molar-refractivity contribution is -0.141. The summed E-state index contributed by atoms with van der Waals surface area (Å²) in [7, 11) is 2.06. The molecule has 0 aromatic carbocycles. The molecule has 0 aliphatic carbocycles. The summed E-state index contributed by atoms with van der Waals surface area (Å²) in [5.41, 5.74) is 4.16. The monoisotopic (exact) mass is 526 g/mol. The standard InChI is InChI=1S/C29H34N8O2/c1-35-12-19(13-35)28(38)36-9-8-23-17(14-36)2-7-25(31-23)33-29-30-11-18-10-24(20-15-39-16-20)32-27(26(18)34-29)37-21-3-4-22(37)6-5-21/h2,7,10-11,19-22H,3-6,8-9,12-16H2,1H3,(H,30,31,33,34). The van der Waals surface area contributed by atoms with Crippen molar-refractivity contribution in [1.82, 2.24) is 29.7 Å². The van der Waals surface area contributed by atoms with Gasteiger partial charge in [0.15, 0.2) is 5.82 Å². The summed E-state index contributed by atoms with van der Waals surface area (Å²) in [5, 5.41) is 4.38. The van der Waals surface area contributed by atoms with Gasteiger partial charge in [0, 0.05) is 67.9 Å². The summed E-state index contributed by atoms with van der Waals surface area (Å²) in [6, 6.07) is 7.31. The molecule has 1 amide bonds. The molecule has 0 atom stereocenters. The quantitative estimate of drug-likeness (QED) is 0.538. The number of rotatable bonds is 5. The number of likely N-dealkylation sites (tertiary alicyclic amines) is 1. The highest BCUT2D eigenvalue weighted by Gasteiger charge is 2.41. The van der Waals surface area contributed by atoms with Gasteiger partial charge in [-0.25, -0.2) is 19.9 Å². The Morgan fingerprint density at radius 1 is 1.05 bits per heavy atom. The zero-order valence-corrected chi connectivity index (χ0v) is 22.3. The van der Waals surface area contributed by atoms with Crippen LogP contribution in [0.15, 0.2) is 24.4 Å². The van der Waals surface area contributed by atoms with Crippen LogP contribution >= 0.6 is 0 Å². The van der Waals surface area contributed by atoms with Crippen LogP contribution in [0, 0.1) is 5.92 Å². The molecule has 8 heterocycles. The first kappa shape index (κ1) is 23.5. The largest absolute Gasteiger partial charge is 0.380 e. The molecule has 2 bridgehead atoms. The Morgan fingerprint density at radius 3 is 2.56 bits per heavy atom. The number of pyridine rings is 2. The fourth-order valence-electron chi connectivity index (χ4n) is 7.06. The number of nitrogens with one attached hydrogen (secondary N) is 1. The van der Waals surface area contributed by atoms with E-state index in [4.69, 9.17) is 19.7 Å². The Hall–Kier alpha value is -3.37. The predicted molar refractivity (Wildman–Crippen MR) is 147 cm³/mol. The number of ether oxygens (including phenoxy) is 1. The van der Waals surface area contributed by atoms with Gasteiger partial charge in [-0.1, -0.05) is 6.07 Å². The number of aromatic nitrogens is 4. The molecule has 0 radical (unpaired) electrons. The molecule has 5 aliphatic rings. The van der Waals surface area contributed by atoms with E-state index in [0.29, 0.717) is 30.5 Å². The first-order chi connectivity index (χ1) is 19.1. The molecule has 8 rings (SSSR count). The number of amides is 1. The summed E-state index contributed by atoms with van der Waals surface area (Å²) in [6.45, 7) is 4.55. The van der Waals surface area contributed by atoms with E-state index < -0.39 is 0 Å². The molecular weight excluding hydrogens is 492 g/mol. The molecule has 0 unspecified atom stereocenters. The van der Waals surface area contributed by atoms with Crippen LogP contribution in [0.25, 0.3) is 10.9 Å². The van der Waals surface area contributed by atoms with Crippen LogP contribution in [-0.2, 0) is 22.5 Å². The lowest BCUT2D eigenvalue weighted by Gasteiger charge is -2.39. The highest BCUT2D eigenvalue weighted by atomic mass is 16.5. The van der Waals surface area contributed by atoms with Crippen LogP contribution in [0.5, 0.6) is 0 Å². The smallest absolute Gasteiger partial charge is 0.229 e. The van der Waals surface area contributed by atoms with Crippen LogP contribution in [-0.4, -0.2) is 87.6 Å². The summed E-state index contributed by atoms with van der Waals surface area (Å²) < 4.78 is 5.46. The van der Waals surface area contributed by atoms with Gasteiger partial charge in [0.1, 0.15) is 11.3 Å². The first-order valence-corrected chi connectivity index (χ1v) is 14.4. The maximum absolute atomic E-state index is 12.8. The molecule has 5 aliphatic heterocycles. The fourth-order valence-corrected chi connectivity index (χ4v) is 7.06. The lowest BCUT2D eigenvalue weighted by Crippen LogP contribution is -2.53. The molecule has 0 saturated carbocycles. The lowest BCUT2D eigenvalue weighted by atomic mass is 9.97. The van der Waals surface area contributed by atoms with E-state index in [1.165, 1.54) is 25.7 Å². The third kappa shape index (κ3) is 4.03. The molecule has 10 heteroatoms. The van der Waals surface area contributed by atoms with Gasteiger partial charge >= 0.3 is 0 Å². The van der Waals surface area contributed by atoms with Gasteiger partial charge in [0.2, 0.25) is 11.9 Å². The van der Waals surface area contributed by atoms with Gasteiger partial charge < -0.3 is 24.8 Å². The molecule has 4 fully saturated rings. The Labute approximate surface area is 227 Å². The van der Waals surface area contributed by atoms with Crippen molar-refractivity contribution in [3.05, 3.63) is 41.3 Å². The molecule has 202 valence electrons. The molecule has 3 aromatic rings. The number of carbonyl (C=O) groups is 1. The number of carbonyl (C=O) groups excluding carboxylic acids is 1. The second kappa shape index (κ2) is 9.09. The van der Waals surface area contributed by atoms with Crippen LogP contribution in [0.2, 0.25) is 0 Å². The second-order valence-corrected chi connectivity index (χ2v) is 12.0. The number of fused-ring (bicyclic) bond motifs is 4. The first-order valence-electron chi connectivity index (χ1n) is 14.4. The molecular formula is C29H34N8O2. The van der Waals surface area contributed by atoms with Crippen molar-refractivity contribution in [2.24, 2.45) is 5.92 Å². The highest BCUT2D eigenvalue weighted by molar-refractivity contribution is 5.90. The zero-order valence-electron chi connectivity index (χ0n) is 22.3. The summed E-state index contributed by atoms with van der Waals surface area (Å²) in [5.74, 6) is 3.04. The predicted octanol–water partition coefficient (Wildman–Crippen LogP) is 2.85. The number of anilines is 3. The number of hydrogen-bond donors (Lipinski definition) is 1. The molecule has 0 spiro atoms. The van der Waals surface area contributed by atoms with Crippen LogP contribution < -0.4 is 10.2 Å². The topological polar surface area (TPSA) is 99.6 Å². The Morgan fingerprint density at radius 2 is 1.85 bits per heavy atom. The summed E-state index contributed by atoms with van der Waals surface area (Å²) in [6.07, 6.45) is 7.62. The maximum Gasteiger partial charge on any atom is 0.229 e. The number of hydrogen-bond acceptors (Lipinski definition) is 9. The van der Waals surface area contributed by atoms with Crippen molar-refractivity contribution in [3.63, 3.8) is 0 Å². The van der Waals surface area contributed by atoms with Crippen molar-refractivity contribution < 1.29 is 9.53 Å². The number of nitrogens with zero attached hydrogens (tertiary/aromatic N) is 7. The highest BCUT2D eigenvalue weighted by Crippen LogP contribution is 2.43.